The number of carbonyl (C=O) groups is 1. The molecule has 0 fully saturated rings. The van der Waals surface area contributed by atoms with Crippen LogP contribution in [0.5, 0.6) is 5.75 Å². The lowest BCUT2D eigenvalue weighted by Crippen LogP contribution is -2.17. The van der Waals surface area contributed by atoms with Crippen LogP contribution in [0.2, 0.25) is 0 Å². The molecule has 3 aromatic heterocycles. The molecule has 0 bridgehead atoms. The summed E-state index contributed by atoms with van der Waals surface area (Å²) >= 11 is 0. The van der Waals surface area contributed by atoms with E-state index in [1.54, 1.807) is 17.6 Å². The van der Waals surface area contributed by atoms with Crippen molar-refractivity contribution >= 4 is 22.5 Å². The highest BCUT2D eigenvalue weighted by Gasteiger charge is 2.19. The lowest BCUT2D eigenvalue weighted by atomic mass is 10.2. The first-order valence-corrected chi connectivity index (χ1v) is 7.28. The van der Waals surface area contributed by atoms with Crippen LogP contribution in [-0.2, 0) is 4.79 Å². The molecule has 4 rings (SSSR count). The number of fused-ring (bicyclic) bond motifs is 2. The maximum atomic E-state index is 12.4. The Bertz CT molecular complexity index is 1150. The first kappa shape index (κ1) is 14.2. The van der Waals surface area contributed by atoms with Gasteiger partial charge in [0.2, 0.25) is 0 Å². The second-order valence-electron chi connectivity index (χ2n) is 5.37. The zero-order valence-corrected chi connectivity index (χ0v) is 13.0. The number of H-pyrrole nitrogens is 1. The monoisotopic (exact) mass is 323 g/mol. The van der Waals surface area contributed by atoms with Gasteiger partial charge in [-0.15, -0.1) is 0 Å². The van der Waals surface area contributed by atoms with Crippen LogP contribution in [0.4, 0.5) is 0 Å². The van der Waals surface area contributed by atoms with Crippen molar-refractivity contribution in [2.24, 2.45) is 0 Å². The maximum absolute atomic E-state index is 12.4. The fourth-order valence-corrected chi connectivity index (χ4v) is 2.81. The van der Waals surface area contributed by atoms with Gasteiger partial charge < -0.3 is 9.72 Å². The number of aromatic nitrogens is 5. The number of benzene rings is 1. The standard InChI is InChI=1S/C16H13N5O3/c1-9-13(24-10(2)22)7-20-14(9)15(17-8-18-20)21-12-6-4-3-5-11(12)19-16(21)23/h3-8H,1-2H3,(H,19,23). The molecule has 8 nitrogen and oxygen atoms in total. The molecular formula is C16H13N5O3. The summed E-state index contributed by atoms with van der Waals surface area (Å²) in [6.45, 7) is 3.12. The first-order valence-electron chi connectivity index (χ1n) is 7.28. The number of rotatable bonds is 2. The molecule has 1 aromatic carbocycles. The van der Waals surface area contributed by atoms with Crippen LogP contribution in [0.3, 0.4) is 0 Å². The second kappa shape index (κ2) is 5.05. The van der Waals surface area contributed by atoms with E-state index in [9.17, 15) is 9.59 Å². The highest BCUT2D eigenvalue weighted by atomic mass is 16.5. The van der Waals surface area contributed by atoms with Crippen molar-refractivity contribution in [3.8, 4) is 11.6 Å². The van der Waals surface area contributed by atoms with Gasteiger partial charge in [-0.2, -0.15) is 5.10 Å². The third kappa shape index (κ3) is 2.00. The minimum Gasteiger partial charge on any atom is -0.425 e. The van der Waals surface area contributed by atoms with Gasteiger partial charge in [0.25, 0.3) is 0 Å². The number of imidazole rings is 1. The SMILES string of the molecule is CC(=O)Oc1cn2ncnc(-n3c(=O)[nH]c4ccccc43)c2c1C. The summed E-state index contributed by atoms with van der Waals surface area (Å²) in [5, 5.41) is 4.14. The third-order valence-electron chi connectivity index (χ3n) is 3.82. The molecule has 0 aliphatic heterocycles. The Morgan fingerprint density at radius 3 is 2.88 bits per heavy atom. The number of hydrogen-bond acceptors (Lipinski definition) is 5. The molecule has 0 unspecified atom stereocenters. The van der Waals surface area contributed by atoms with Gasteiger partial charge in [0.05, 0.1) is 17.2 Å². The molecule has 0 spiro atoms. The molecule has 1 N–H and O–H groups in total. The van der Waals surface area contributed by atoms with Crippen molar-refractivity contribution < 1.29 is 9.53 Å². The van der Waals surface area contributed by atoms with Crippen LogP contribution >= 0.6 is 0 Å². The first-order chi connectivity index (χ1) is 11.6. The summed E-state index contributed by atoms with van der Waals surface area (Å²) in [4.78, 5) is 30.8. The van der Waals surface area contributed by atoms with Crippen LogP contribution in [0, 0.1) is 6.92 Å². The third-order valence-corrected chi connectivity index (χ3v) is 3.82. The van der Waals surface area contributed by atoms with E-state index < -0.39 is 5.97 Å². The summed E-state index contributed by atoms with van der Waals surface area (Å²) in [5.74, 6) is 0.383. The topological polar surface area (TPSA) is 94.3 Å². The smallest absolute Gasteiger partial charge is 0.332 e. The summed E-state index contributed by atoms with van der Waals surface area (Å²) in [5.41, 5.74) is 2.39. The zero-order valence-electron chi connectivity index (χ0n) is 13.0. The number of nitrogens with zero attached hydrogens (tertiary/aromatic N) is 4. The predicted molar refractivity (Wildman–Crippen MR) is 86.5 cm³/mol. The minimum atomic E-state index is -0.423. The Morgan fingerprint density at radius 2 is 2.08 bits per heavy atom. The highest BCUT2D eigenvalue weighted by molar-refractivity contribution is 5.81. The van der Waals surface area contributed by atoms with Gasteiger partial charge in [-0.3, -0.25) is 4.79 Å². The van der Waals surface area contributed by atoms with Crippen LogP contribution in [0.1, 0.15) is 12.5 Å². The van der Waals surface area contributed by atoms with Crippen molar-refractivity contribution in [1.82, 2.24) is 24.1 Å². The van der Waals surface area contributed by atoms with E-state index in [1.165, 1.54) is 17.8 Å². The molecule has 0 saturated heterocycles. The van der Waals surface area contributed by atoms with Crippen molar-refractivity contribution in [1.29, 1.82) is 0 Å². The Balaban J connectivity index is 2.06. The molecule has 4 aromatic rings. The van der Waals surface area contributed by atoms with Crippen LogP contribution < -0.4 is 10.4 Å². The van der Waals surface area contributed by atoms with Gasteiger partial charge >= 0.3 is 11.7 Å². The summed E-state index contributed by atoms with van der Waals surface area (Å²) in [6, 6.07) is 7.34. The van der Waals surface area contributed by atoms with Gasteiger partial charge in [-0.25, -0.2) is 18.9 Å². The van der Waals surface area contributed by atoms with E-state index in [4.69, 9.17) is 4.74 Å². The Hall–Kier alpha value is -3.42. The maximum Gasteiger partial charge on any atom is 0.332 e. The minimum absolute atomic E-state index is 0.300. The number of ether oxygens (including phenoxy) is 1. The second-order valence-corrected chi connectivity index (χ2v) is 5.37. The summed E-state index contributed by atoms with van der Waals surface area (Å²) in [7, 11) is 0. The van der Waals surface area contributed by atoms with Crippen molar-refractivity contribution in [3.63, 3.8) is 0 Å². The fraction of sp³-hybridized carbons (Fsp3) is 0.125. The van der Waals surface area contributed by atoms with Gasteiger partial charge in [0.1, 0.15) is 11.8 Å². The normalized spacial score (nSPS) is 11.2. The molecule has 120 valence electrons. The fourth-order valence-electron chi connectivity index (χ4n) is 2.81. The number of nitrogens with one attached hydrogen (secondary N) is 1. The van der Waals surface area contributed by atoms with Gasteiger partial charge in [0.15, 0.2) is 11.6 Å². The average molecular weight is 323 g/mol. The molecule has 8 heteroatoms. The molecule has 0 radical (unpaired) electrons. The largest absolute Gasteiger partial charge is 0.425 e. The number of carbonyl (C=O) groups excluding carboxylic acids is 1. The van der Waals surface area contributed by atoms with E-state index in [-0.39, 0.29) is 5.69 Å². The van der Waals surface area contributed by atoms with Crippen molar-refractivity contribution in [2.75, 3.05) is 0 Å². The molecule has 3 heterocycles. The predicted octanol–water partition coefficient (Wildman–Crippen LogP) is 1.60. The van der Waals surface area contributed by atoms with E-state index in [1.807, 2.05) is 24.3 Å². The van der Waals surface area contributed by atoms with Crippen LogP contribution in [0.25, 0.3) is 22.4 Å². The van der Waals surface area contributed by atoms with E-state index in [2.05, 4.69) is 15.1 Å². The number of aromatic amines is 1. The molecule has 24 heavy (non-hydrogen) atoms. The summed E-state index contributed by atoms with van der Waals surface area (Å²) < 4.78 is 8.23. The number of hydrogen-bond donors (Lipinski definition) is 1. The molecule has 0 aliphatic carbocycles. The van der Waals surface area contributed by atoms with E-state index >= 15 is 0 Å². The summed E-state index contributed by atoms with van der Waals surface area (Å²) in [6.07, 6.45) is 2.95. The Morgan fingerprint density at radius 1 is 1.29 bits per heavy atom. The lowest BCUT2D eigenvalue weighted by molar-refractivity contribution is -0.131. The Labute approximate surface area is 135 Å². The highest BCUT2D eigenvalue weighted by Crippen LogP contribution is 2.28. The van der Waals surface area contributed by atoms with Gasteiger partial charge in [-0.1, -0.05) is 12.1 Å². The molecule has 0 atom stereocenters. The van der Waals surface area contributed by atoms with Gasteiger partial charge in [-0.05, 0) is 19.1 Å². The molecule has 0 saturated carbocycles. The van der Waals surface area contributed by atoms with Crippen molar-refractivity contribution in [2.45, 2.75) is 13.8 Å². The lowest BCUT2D eigenvalue weighted by Gasteiger charge is -2.05. The van der Waals surface area contributed by atoms with E-state index in [0.29, 0.717) is 33.7 Å². The van der Waals surface area contributed by atoms with Crippen molar-refractivity contribution in [3.05, 3.63) is 52.8 Å². The molecule has 0 aliphatic rings. The zero-order chi connectivity index (χ0) is 16.8. The number of aryl methyl sites for hydroxylation is 1. The average Bonchev–Trinajstić information content (AvgIpc) is 3.04. The number of para-hydroxylation sites is 2. The number of esters is 1. The molecule has 0 amide bonds. The van der Waals surface area contributed by atoms with E-state index in [0.717, 1.165) is 0 Å². The molecular weight excluding hydrogens is 310 g/mol. The quantitative estimate of drug-likeness (QED) is 0.565. The Kier molecular flexibility index (Phi) is 2.99. The van der Waals surface area contributed by atoms with Gasteiger partial charge in [0, 0.05) is 12.5 Å². The van der Waals surface area contributed by atoms with Crippen LogP contribution in [0.15, 0.2) is 41.6 Å². The van der Waals surface area contributed by atoms with Crippen LogP contribution in [-0.4, -0.2) is 30.1 Å².